The zero-order valence-electron chi connectivity index (χ0n) is 12.4. The molecule has 2 aromatic carbocycles. The van der Waals surface area contributed by atoms with Crippen LogP contribution in [0.4, 0.5) is 5.69 Å². The molecule has 3 rings (SSSR count). The molecule has 0 radical (unpaired) electrons. The van der Waals surface area contributed by atoms with Crippen LogP contribution in [-0.2, 0) is 10.0 Å². The van der Waals surface area contributed by atoms with Crippen LogP contribution in [0.1, 0.15) is 18.0 Å². The summed E-state index contributed by atoms with van der Waals surface area (Å²) in [5.74, 6) is 0. The highest BCUT2D eigenvalue weighted by molar-refractivity contribution is 7.89. The Bertz CT molecular complexity index is 815. The first-order valence-corrected chi connectivity index (χ1v) is 8.74. The van der Waals surface area contributed by atoms with Crippen molar-refractivity contribution in [3.05, 3.63) is 77.2 Å². The van der Waals surface area contributed by atoms with Crippen molar-refractivity contribution in [3.63, 3.8) is 0 Å². The number of rotatable bonds is 4. The quantitative estimate of drug-likeness (QED) is 0.633. The molecular weight excluding hydrogens is 312 g/mol. The fourth-order valence-electron chi connectivity index (χ4n) is 2.67. The smallest absolute Gasteiger partial charge is 0.207 e. The van der Waals surface area contributed by atoms with Crippen molar-refractivity contribution in [1.29, 1.82) is 0 Å². The number of nitroso groups, excluding NO2 is 1. The summed E-state index contributed by atoms with van der Waals surface area (Å²) in [4.78, 5) is 10.7. The van der Waals surface area contributed by atoms with E-state index in [1.165, 1.54) is 28.6 Å². The molecule has 1 aliphatic rings. The van der Waals surface area contributed by atoms with Crippen LogP contribution in [0.15, 0.2) is 76.8 Å². The van der Waals surface area contributed by atoms with E-state index in [0.717, 1.165) is 5.56 Å². The van der Waals surface area contributed by atoms with E-state index in [1.807, 2.05) is 42.5 Å². The molecule has 0 N–H and O–H groups in total. The standard InChI is InChI=1S/C17H16N2O3S/c20-18-15-9-11-16(12-10-15)23(21,22)19-13-5-4-8-17(19)14-6-2-1-3-7-14/h1-4,6-12,17H,5,13H2/t17-/m0/s1. The Morgan fingerprint density at radius 3 is 2.35 bits per heavy atom. The molecule has 5 nitrogen and oxygen atoms in total. The minimum Gasteiger partial charge on any atom is -0.207 e. The van der Waals surface area contributed by atoms with Gasteiger partial charge in [-0.2, -0.15) is 4.31 Å². The Kier molecular flexibility index (Phi) is 4.36. The maximum absolute atomic E-state index is 13.0. The zero-order chi connectivity index (χ0) is 16.3. The molecule has 0 amide bonds. The summed E-state index contributed by atoms with van der Waals surface area (Å²) in [5, 5.41) is 2.80. The number of nitrogens with zero attached hydrogens (tertiary/aromatic N) is 2. The summed E-state index contributed by atoms with van der Waals surface area (Å²) in [6.45, 7) is 0.423. The highest BCUT2D eigenvalue weighted by atomic mass is 32.2. The van der Waals surface area contributed by atoms with Gasteiger partial charge in [-0.25, -0.2) is 8.42 Å². The van der Waals surface area contributed by atoms with Crippen LogP contribution in [0.25, 0.3) is 0 Å². The van der Waals surface area contributed by atoms with E-state index in [2.05, 4.69) is 5.18 Å². The second-order valence-electron chi connectivity index (χ2n) is 5.27. The number of hydrogen-bond donors (Lipinski definition) is 0. The molecule has 0 saturated carbocycles. The van der Waals surface area contributed by atoms with Gasteiger partial charge in [-0.1, -0.05) is 42.5 Å². The predicted molar refractivity (Wildman–Crippen MR) is 88.7 cm³/mol. The third-order valence-corrected chi connectivity index (χ3v) is 5.73. The fraction of sp³-hybridized carbons (Fsp3) is 0.176. The van der Waals surface area contributed by atoms with Crippen LogP contribution >= 0.6 is 0 Å². The molecule has 2 aromatic rings. The first-order valence-electron chi connectivity index (χ1n) is 7.30. The van der Waals surface area contributed by atoms with Crippen LogP contribution in [0.5, 0.6) is 0 Å². The topological polar surface area (TPSA) is 66.8 Å². The minimum absolute atomic E-state index is 0.168. The minimum atomic E-state index is -3.65. The molecular formula is C17H16N2O3S. The molecule has 1 atom stereocenters. The van der Waals surface area contributed by atoms with E-state index in [1.54, 1.807) is 0 Å². The van der Waals surface area contributed by atoms with Gasteiger partial charge in [0, 0.05) is 6.54 Å². The summed E-state index contributed by atoms with van der Waals surface area (Å²) >= 11 is 0. The SMILES string of the molecule is O=Nc1ccc(S(=O)(=O)N2CCC=C[C@H]2c2ccccc2)cc1. The molecule has 6 heteroatoms. The van der Waals surface area contributed by atoms with Crippen molar-refractivity contribution >= 4 is 15.7 Å². The van der Waals surface area contributed by atoms with Gasteiger partial charge in [-0.3, -0.25) is 0 Å². The van der Waals surface area contributed by atoms with Crippen molar-refractivity contribution in [2.75, 3.05) is 6.54 Å². The first-order chi connectivity index (χ1) is 11.1. The number of sulfonamides is 1. The van der Waals surface area contributed by atoms with E-state index >= 15 is 0 Å². The Morgan fingerprint density at radius 1 is 1.00 bits per heavy atom. The van der Waals surface area contributed by atoms with E-state index < -0.39 is 10.0 Å². The molecule has 0 saturated heterocycles. The molecule has 118 valence electrons. The van der Waals surface area contributed by atoms with Crippen molar-refractivity contribution in [3.8, 4) is 0 Å². The van der Waals surface area contributed by atoms with E-state index in [4.69, 9.17) is 0 Å². The lowest BCUT2D eigenvalue weighted by Crippen LogP contribution is -2.36. The average Bonchev–Trinajstić information content (AvgIpc) is 2.62. The summed E-state index contributed by atoms with van der Waals surface area (Å²) in [6.07, 6.45) is 4.59. The Hall–Kier alpha value is -2.31. The lowest BCUT2D eigenvalue weighted by Gasteiger charge is -2.31. The molecule has 23 heavy (non-hydrogen) atoms. The maximum atomic E-state index is 13.0. The summed E-state index contributed by atoms with van der Waals surface area (Å²) in [6, 6.07) is 14.9. The van der Waals surface area contributed by atoms with Crippen LogP contribution < -0.4 is 0 Å². The van der Waals surface area contributed by atoms with Crippen molar-refractivity contribution in [1.82, 2.24) is 4.31 Å². The van der Waals surface area contributed by atoms with Crippen LogP contribution in [0.2, 0.25) is 0 Å². The fourth-order valence-corrected chi connectivity index (χ4v) is 4.26. The Labute approximate surface area is 135 Å². The van der Waals surface area contributed by atoms with Gasteiger partial charge in [-0.15, -0.1) is 4.91 Å². The number of benzene rings is 2. The van der Waals surface area contributed by atoms with Crippen LogP contribution in [-0.4, -0.2) is 19.3 Å². The predicted octanol–water partition coefficient (Wildman–Crippen LogP) is 3.78. The van der Waals surface area contributed by atoms with Crippen LogP contribution in [0.3, 0.4) is 0 Å². The summed E-state index contributed by atoms with van der Waals surface area (Å²) in [7, 11) is -3.65. The van der Waals surface area contributed by atoms with Gasteiger partial charge in [0.2, 0.25) is 10.0 Å². The lowest BCUT2D eigenvalue weighted by molar-refractivity contribution is 0.360. The third-order valence-electron chi connectivity index (χ3n) is 3.83. The second kappa shape index (κ2) is 6.44. The monoisotopic (exact) mass is 328 g/mol. The molecule has 0 unspecified atom stereocenters. The van der Waals surface area contributed by atoms with Gasteiger partial charge in [0.15, 0.2) is 0 Å². The van der Waals surface area contributed by atoms with E-state index in [-0.39, 0.29) is 16.6 Å². The van der Waals surface area contributed by atoms with Crippen molar-refractivity contribution in [2.24, 2.45) is 5.18 Å². The van der Waals surface area contributed by atoms with Crippen LogP contribution in [0, 0.1) is 4.91 Å². The Morgan fingerprint density at radius 2 is 1.70 bits per heavy atom. The Balaban J connectivity index is 1.99. The van der Waals surface area contributed by atoms with E-state index in [9.17, 15) is 13.3 Å². The summed E-state index contributed by atoms with van der Waals surface area (Å²) in [5.41, 5.74) is 1.14. The average molecular weight is 328 g/mol. The van der Waals surface area contributed by atoms with Crippen molar-refractivity contribution in [2.45, 2.75) is 17.4 Å². The van der Waals surface area contributed by atoms with Gasteiger partial charge in [0.05, 0.1) is 10.9 Å². The van der Waals surface area contributed by atoms with E-state index in [0.29, 0.717) is 13.0 Å². The lowest BCUT2D eigenvalue weighted by atomic mass is 10.0. The molecule has 0 aliphatic carbocycles. The highest BCUT2D eigenvalue weighted by Gasteiger charge is 2.32. The van der Waals surface area contributed by atoms with Gasteiger partial charge < -0.3 is 0 Å². The molecule has 0 spiro atoms. The normalized spacial score (nSPS) is 18.7. The highest BCUT2D eigenvalue weighted by Crippen LogP contribution is 2.32. The maximum Gasteiger partial charge on any atom is 0.243 e. The van der Waals surface area contributed by atoms with Gasteiger partial charge in [0.25, 0.3) is 0 Å². The van der Waals surface area contributed by atoms with Gasteiger partial charge in [-0.05, 0) is 41.4 Å². The van der Waals surface area contributed by atoms with Crippen molar-refractivity contribution < 1.29 is 8.42 Å². The summed E-state index contributed by atoms with van der Waals surface area (Å²) < 4.78 is 27.4. The second-order valence-corrected chi connectivity index (χ2v) is 7.16. The molecule has 0 fully saturated rings. The number of hydrogen-bond acceptors (Lipinski definition) is 4. The van der Waals surface area contributed by atoms with Gasteiger partial charge in [0.1, 0.15) is 5.69 Å². The van der Waals surface area contributed by atoms with Gasteiger partial charge >= 0.3 is 0 Å². The zero-order valence-corrected chi connectivity index (χ0v) is 13.2. The molecule has 1 heterocycles. The first kappa shape index (κ1) is 15.6. The third kappa shape index (κ3) is 3.09. The molecule has 0 bridgehead atoms. The molecule has 0 aromatic heterocycles. The molecule has 1 aliphatic heterocycles. The largest absolute Gasteiger partial charge is 0.243 e.